The molecule has 0 heterocycles. The molecule has 0 aromatic rings. The van der Waals surface area contributed by atoms with Crippen molar-refractivity contribution in [3.63, 3.8) is 0 Å². The molecule has 0 saturated carbocycles. The molecule has 0 atom stereocenters. The molecular formula is C5H6ClO. The second kappa shape index (κ2) is 5.70. The van der Waals surface area contributed by atoms with Crippen LogP contribution >= 0.6 is 11.6 Å². The van der Waals surface area contributed by atoms with Crippen molar-refractivity contribution in [2.24, 2.45) is 0 Å². The van der Waals surface area contributed by atoms with Crippen LogP contribution in [0.25, 0.3) is 0 Å². The highest BCUT2D eigenvalue weighted by molar-refractivity contribution is 6.25. The molecule has 0 spiro atoms. The molecule has 0 aliphatic carbocycles. The number of carbonyl (C=O) groups excluding carboxylic acids is 1. The molecule has 0 aromatic carbocycles. The molecule has 0 aromatic heterocycles. The van der Waals surface area contributed by atoms with Crippen molar-refractivity contribution in [1.82, 2.24) is 0 Å². The fourth-order valence-electron chi connectivity index (χ4n) is 0.205. The molecule has 0 fully saturated rings. The van der Waals surface area contributed by atoms with E-state index in [1.54, 1.807) is 12.4 Å². The van der Waals surface area contributed by atoms with Crippen molar-refractivity contribution in [1.29, 1.82) is 0 Å². The molecule has 1 radical (unpaired) electrons. The highest BCUT2D eigenvalue weighted by atomic mass is 35.5. The zero-order valence-electron chi connectivity index (χ0n) is 3.86. The van der Waals surface area contributed by atoms with Gasteiger partial charge in [-0.15, -0.1) is 0 Å². The Hall–Kier alpha value is -0.300. The summed E-state index contributed by atoms with van der Waals surface area (Å²) in [4.78, 5) is 9.48. The molecule has 0 bridgehead atoms. The zero-order chi connectivity index (χ0) is 5.54. The highest BCUT2D eigenvalue weighted by Gasteiger charge is 1.74. The number of unbranched alkanes of at least 4 members (excludes halogenated alkanes) is 1. The summed E-state index contributed by atoms with van der Waals surface area (Å²) in [7, 11) is 0. The van der Waals surface area contributed by atoms with Gasteiger partial charge in [-0.05, 0) is 6.42 Å². The van der Waals surface area contributed by atoms with Crippen LogP contribution in [0.2, 0.25) is 0 Å². The molecule has 0 saturated heterocycles. The SMILES string of the molecule is O=[C]CCC=CCl. The Morgan fingerprint density at radius 1 is 1.71 bits per heavy atom. The molecule has 0 rings (SSSR count). The average Bonchev–Trinajstić information content (AvgIpc) is 1.69. The van der Waals surface area contributed by atoms with E-state index in [0.717, 1.165) is 0 Å². The molecule has 7 heavy (non-hydrogen) atoms. The maximum absolute atomic E-state index is 9.48. The first-order valence-corrected chi connectivity index (χ1v) is 2.45. The Morgan fingerprint density at radius 3 is 2.86 bits per heavy atom. The van der Waals surface area contributed by atoms with Crippen LogP contribution in [0.5, 0.6) is 0 Å². The second-order valence-corrected chi connectivity index (χ2v) is 1.30. The summed E-state index contributed by atoms with van der Waals surface area (Å²) in [6, 6.07) is 0. The van der Waals surface area contributed by atoms with Crippen molar-refractivity contribution >= 4 is 17.9 Å². The summed E-state index contributed by atoms with van der Waals surface area (Å²) in [6.45, 7) is 0. The molecule has 39 valence electrons. The van der Waals surface area contributed by atoms with E-state index in [1.165, 1.54) is 5.54 Å². The van der Waals surface area contributed by atoms with Gasteiger partial charge in [-0.25, -0.2) is 0 Å². The monoisotopic (exact) mass is 117 g/mol. The molecule has 1 nitrogen and oxygen atoms in total. The van der Waals surface area contributed by atoms with E-state index in [9.17, 15) is 4.79 Å². The fourth-order valence-corrected chi connectivity index (χ4v) is 0.331. The minimum Gasteiger partial charge on any atom is -0.291 e. The third-order valence-corrected chi connectivity index (χ3v) is 0.680. The minimum atomic E-state index is 0.448. The number of hydrogen-bond acceptors (Lipinski definition) is 1. The molecule has 0 unspecified atom stereocenters. The molecular weight excluding hydrogens is 112 g/mol. The van der Waals surface area contributed by atoms with E-state index in [1.807, 2.05) is 0 Å². The van der Waals surface area contributed by atoms with E-state index in [4.69, 9.17) is 11.6 Å². The van der Waals surface area contributed by atoms with Crippen LogP contribution in [-0.2, 0) is 4.79 Å². The van der Waals surface area contributed by atoms with Gasteiger partial charge in [0.15, 0.2) is 6.29 Å². The van der Waals surface area contributed by atoms with Gasteiger partial charge in [-0.1, -0.05) is 17.7 Å². The van der Waals surface area contributed by atoms with Crippen molar-refractivity contribution in [3.8, 4) is 0 Å². The average molecular weight is 118 g/mol. The standard InChI is InChI=1S/C5H6ClO/c6-4-2-1-3-5-7/h2,4H,1,3H2. The molecule has 2 heteroatoms. The van der Waals surface area contributed by atoms with E-state index in [0.29, 0.717) is 12.8 Å². The minimum absolute atomic E-state index is 0.448. The number of allylic oxidation sites excluding steroid dienone is 1. The molecule has 0 aliphatic rings. The lowest BCUT2D eigenvalue weighted by Gasteiger charge is -1.74. The van der Waals surface area contributed by atoms with E-state index in [2.05, 4.69) is 0 Å². The lowest BCUT2D eigenvalue weighted by molar-refractivity contribution is 0.552. The highest BCUT2D eigenvalue weighted by Crippen LogP contribution is 1.87. The largest absolute Gasteiger partial charge is 0.291 e. The summed E-state index contributed by atoms with van der Waals surface area (Å²) in [5.74, 6) is 0. The van der Waals surface area contributed by atoms with Crippen LogP contribution in [0.15, 0.2) is 11.6 Å². The van der Waals surface area contributed by atoms with Gasteiger partial charge in [0.25, 0.3) is 0 Å². The zero-order valence-corrected chi connectivity index (χ0v) is 4.61. The number of halogens is 1. The number of rotatable bonds is 3. The van der Waals surface area contributed by atoms with Gasteiger partial charge in [0.1, 0.15) is 0 Å². The summed E-state index contributed by atoms with van der Waals surface area (Å²) < 4.78 is 0. The summed E-state index contributed by atoms with van der Waals surface area (Å²) in [6.07, 6.45) is 4.61. The van der Waals surface area contributed by atoms with Gasteiger partial charge in [0.2, 0.25) is 0 Å². The van der Waals surface area contributed by atoms with Crippen LogP contribution in [-0.4, -0.2) is 6.29 Å². The Balaban J connectivity index is 2.82. The van der Waals surface area contributed by atoms with Gasteiger partial charge < -0.3 is 0 Å². The van der Waals surface area contributed by atoms with E-state index >= 15 is 0 Å². The van der Waals surface area contributed by atoms with Crippen molar-refractivity contribution in [2.45, 2.75) is 12.8 Å². The first-order valence-electron chi connectivity index (χ1n) is 2.02. The lowest BCUT2D eigenvalue weighted by Crippen LogP contribution is -1.67. The Bertz CT molecular complexity index is 68.5. The fraction of sp³-hybridized carbons (Fsp3) is 0.400. The first kappa shape index (κ1) is 6.70. The quantitative estimate of drug-likeness (QED) is 0.514. The van der Waals surface area contributed by atoms with E-state index in [-0.39, 0.29) is 0 Å². The van der Waals surface area contributed by atoms with Gasteiger partial charge in [0.05, 0.1) is 0 Å². The third kappa shape index (κ3) is 5.70. The van der Waals surface area contributed by atoms with Gasteiger partial charge in [-0.3, -0.25) is 4.79 Å². The maximum atomic E-state index is 9.48. The normalized spacial score (nSPS) is 9.86. The van der Waals surface area contributed by atoms with Crippen molar-refractivity contribution in [3.05, 3.63) is 11.6 Å². The predicted octanol–water partition coefficient (Wildman–Crippen LogP) is 1.63. The Morgan fingerprint density at radius 2 is 2.43 bits per heavy atom. The Kier molecular flexibility index (Phi) is 5.46. The molecule has 0 N–H and O–H groups in total. The molecule has 0 amide bonds. The topological polar surface area (TPSA) is 17.1 Å². The third-order valence-electron chi connectivity index (χ3n) is 0.502. The smallest absolute Gasteiger partial charge is 0.198 e. The van der Waals surface area contributed by atoms with Crippen LogP contribution < -0.4 is 0 Å². The van der Waals surface area contributed by atoms with Crippen molar-refractivity contribution in [2.75, 3.05) is 0 Å². The van der Waals surface area contributed by atoms with Crippen LogP contribution in [0.3, 0.4) is 0 Å². The van der Waals surface area contributed by atoms with Crippen molar-refractivity contribution < 1.29 is 4.79 Å². The van der Waals surface area contributed by atoms with Crippen LogP contribution in [0, 0.1) is 0 Å². The first-order chi connectivity index (χ1) is 3.41. The molecule has 0 aliphatic heterocycles. The second-order valence-electron chi connectivity index (χ2n) is 1.04. The Labute approximate surface area is 48.0 Å². The summed E-state index contributed by atoms with van der Waals surface area (Å²) in [5.41, 5.74) is 1.40. The van der Waals surface area contributed by atoms with Gasteiger partial charge in [-0.2, -0.15) is 0 Å². The summed E-state index contributed by atoms with van der Waals surface area (Å²) in [5, 5.41) is 0. The van der Waals surface area contributed by atoms with E-state index < -0.39 is 0 Å². The van der Waals surface area contributed by atoms with Gasteiger partial charge >= 0.3 is 0 Å². The lowest BCUT2D eigenvalue weighted by atomic mass is 10.3. The maximum Gasteiger partial charge on any atom is 0.198 e. The summed E-state index contributed by atoms with van der Waals surface area (Å²) >= 11 is 5.13. The number of hydrogen-bond donors (Lipinski definition) is 0. The predicted molar refractivity (Wildman–Crippen MR) is 29.9 cm³/mol. The van der Waals surface area contributed by atoms with Gasteiger partial charge in [0, 0.05) is 12.0 Å². The van der Waals surface area contributed by atoms with Crippen LogP contribution in [0.4, 0.5) is 0 Å². The van der Waals surface area contributed by atoms with Crippen LogP contribution in [0.1, 0.15) is 12.8 Å².